The Hall–Kier alpha value is -3.19. The van der Waals surface area contributed by atoms with E-state index in [2.05, 4.69) is 10.6 Å². The van der Waals surface area contributed by atoms with E-state index in [1.54, 1.807) is 30.3 Å². The molecule has 0 aliphatic carbocycles. The molecule has 0 aromatic heterocycles. The summed E-state index contributed by atoms with van der Waals surface area (Å²) in [4.78, 5) is 56.6. The van der Waals surface area contributed by atoms with Gasteiger partial charge < -0.3 is 26.6 Å². The molecular weight excluding hydrogens is 420 g/mol. The molecule has 2 amide bonds. The SMILES string of the molecule is N[C@@H](CCC(=O)N[C@@H](CSC(c1ccccc1)[N+](=O)[O-])C(=O)NCC(=O)O)C(=O)O. The summed E-state index contributed by atoms with van der Waals surface area (Å²) in [6, 6.07) is 5.50. The highest BCUT2D eigenvalue weighted by molar-refractivity contribution is 7.99. The van der Waals surface area contributed by atoms with E-state index in [-0.39, 0.29) is 18.6 Å². The van der Waals surface area contributed by atoms with E-state index in [9.17, 15) is 29.3 Å². The second kappa shape index (κ2) is 12.4. The minimum atomic E-state index is -1.30. The molecule has 0 aliphatic heterocycles. The lowest BCUT2D eigenvalue weighted by Crippen LogP contribution is -2.49. The lowest BCUT2D eigenvalue weighted by atomic mass is 10.1. The Labute approximate surface area is 175 Å². The standard InChI is InChI=1S/C17H22N4O8S/c18-11(17(26)27)6-7-13(22)20-12(15(25)19-8-14(23)24)9-30-16(21(28)29)10-4-2-1-3-5-10/h1-5,11-12,16H,6-9,18H2,(H,19,25)(H,20,22)(H,23,24)(H,26,27)/t11-,12-,16?/m0/s1. The molecule has 30 heavy (non-hydrogen) atoms. The van der Waals surface area contributed by atoms with Gasteiger partial charge >= 0.3 is 11.9 Å². The number of carbonyl (C=O) groups excluding carboxylic acids is 2. The molecule has 1 unspecified atom stereocenters. The molecule has 0 aliphatic rings. The summed E-state index contributed by atoms with van der Waals surface area (Å²) < 4.78 is 0. The summed E-state index contributed by atoms with van der Waals surface area (Å²) >= 11 is 0.784. The highest BCUT2D eigenvalue weighted by Gasteiger charge is 2.28. The van der Waals surface area contributed by atoms with Crippen LogP contribution in [0.2, 0.25) is 0 Å². The van der Waals surface area contributed by atoms with Crippen LogP contribution in [0.15, 0.2) is 30.3 Å². The Morgan fingerprint density at radius 3 is 2.33 bits per heavy atom. The maximum Gasteiger partial charge on any atom is 0.322 e. The van der Waals surface area contributed by atoms with Crippen LogP contribution in [-0.4, -0.2) is 63.3 Å². The quantitative estimate of drug-likeness (QED) is 0.151. The van der Waals surface area contributed by atoms with Gasteiger partial charge in [0.15, 0.2) is 0 Å². The number of hydrogen-bond donors (Lipinski definition) is 5. The van der Waals surface area contributed by atoms with Gasteiger partial charge in [-0.05, 0) is 6.42 Å². The van der Waals surface area contributed by atoms with Crippen LogP contribution in [-0.2, 0) is 19.2 Å². The first kappa shape index (κ1) is 24.8. The summed E-state index contributed by atoms with van der Waals surface area (Å²) in [6.45, 7) is -0.697. The van der Waals surface area contributed by atoms with Gasteiger partial charge in [0, 0.05) is 22.7 Å². The highest BCUT2D eigenvalue weighted by atomic mass is 32.2. The number of nitro groups is 1. The molecule has 1 rings (SSSR count). The van der Waals surface area contributed by atoms with Crippen molar-refractivity contribution in [1.29, 1.82) is 0 Å². The zero-order valence-electron chi connectivity index (χ0n) is 15.7. The third kappa shape index (κ3) is 8.87. The van der Waals surface area contributed by atoms with Crippen LogP contribution in [0.1, 0.15) is 23.8 Å². The maximum atomic E-state index is 12.3. The molecule has 164 valence electrons. The number of carboxylic acid groups (broad SMARTS) is 2. The topological polar surface area (TPSA) is 202 Å². The van der Waals surface area contributed by atoms with Crippen LogP contribution < -0.4 is 16.4 Å². The fourth-order valence-electron chi connectivity index (χ4n) is 2.23. The van der Waals surface area contributed by atoms with Crippen molar-refractivity contribution < 1.29 is 34.3 Å². The largest absolute Gasteiger partial charge is 0.480 e. The molecule has 6 N–H and O–H groups in total. The summed E-state index contributed by atoms with van der Waals surface area (Å²) in [6.07, 6.45) is -0.475. The third-order valence-corrected chi connectivity index (χ3v) is 5.05. The predicted molar refractivity (Wildman–Crippen MR) is 106 cm³/mol. The van der Waals surface area contributed by atoms with Gasteiger partial charge in [-0.3, -0.25) is 29.3 Å². The van der Waals surface area contributed by atoms with Crippen LogP contribution >= 0.6 is 11.8 Å². The number of benzene rings is 1. The van der Waals surface area contributed by atoms with Crippen molar-refractivity contribution >= 4 is 35.5 Å². The first-order valence-electron chi connectivity index (χ1n) is 8.69. The van der Waals surface area contributed by atoms with Gasteiger partial charge in [0.2, 0.25) is 11.8 Å². The van der Waals surface area contributed by atoms with Crippen molar-refractivity contribution in [1.82, 2.24) is 10.6 Å². The number of rotatable bonds is 13. The summed E-state index contributed by atoms with van der Waals surface area (Å²) in [5.74, 6) is -4.34. The van der Waals surface area contributed by atoms with Crippen molar-refractivity contribution in [3.8, 4) is 0 Å². The smallest absolute Gasteiger partial charge is 0.322 e. The summed E-state index contributed by atoms with van der Waals surface area (Å²) in [5.41, 5.74) is 5.71. The van der Waals surface area contributed by atoms with E-state index >= 15 is 0 Å². The Bertz CT molecular complexity index is 776. The zero-order chi connectivity index (χ0) is 22.7. The molecule has 0 spiro atoms. The molecule has 13 heteroatoms. The average molecular weight is 442 g/mol. The van der Waals surface area contributed by atoms with Crippen LogP contribution in [0.3, 0.4) is 0 Å². The molecular formula is C17H22N4O8S. The number of thioether (sulfide) groups is 1. The van der Waals surface area contributed by atoms with E-state index in [0.717, 1.165) is 11.8 Å². The summed E-state index contributed by atoms with van der Waals surface area (Å²) in [7, 11) is 0. The van der Waals surface area contributed by atoms with Gasteiger partial charge in [-0.1, -0.05) is 42.1 Å². The lowest BCUT2D eigenvalue weighted by molar-refractivity contribution is -0.500. The molecule has 0 heterocycles. The van der Waals surface area contributed by atoms with E-state index in [0.29, 0.717) is 5.56 Å². The van der Waals surface area contributed by atoms with Crippen molar-refractivity contribution in [2.75, 3.05) is 12.3 Å². The predicted octanol–water partition coefficient (Wildman–Crippen LogP) is -0.427. The van der Waals surface area contributed by atoms with Crippen molar-refractivity contribution in [3.63, 3.8) is 0 Å². The molecule has 0 saturated carbocycles. The molecule has 1 aromatic carbocycles. The molecule has 3 atom stereocenters. The number of amides is 2. The van der Waals surface area contributed by atoms with Crippen LogP contribution in [0, 0.1) is 10.1 Å². The first-order valence-corrected chi connectivity index (χ1v) is 9.74. The van der Waals surface area contributed by atoms with E-state index in [1.807, 2.05) is 0 Å². The van der Waals surface area contributed by atoms with E-state index in [1.165, 1.54) is 0 Å². The number of nitrogens with zero attached hydrogens (tertiary/aromatic N) is 1. The number of hydrogen-bond acceptors (Lipinski definition) is 8. The van der Waals surface area contributed by atoms with E-state index < -0.39 is 52.7 Å². The van der Waals surface area contributed by atoms with Crippen LogP contribution in [0.25, 0.3) is 0 Å². The van der Waals surface area contributed by atoms with Crippen LogP contribution in [0.4, 0.5) is 0 Å². The highest BCUT2D eigenvalue weighted by Crippen LogP contribution is 2.29. The minimum Gasteiger partial charge on any atom is -0.480 e. The average Bonchev–Trinajstić information content (AvgIpc) is 2.69. The first-order chi connectivity index (χ1) is 14.1. The second-order valence-electron chi connectivity index (χ2n) is 6.10. The molecule has 0 fully saturated rings. The molecule has 1 aromatic rings. The Balaban J connectivity index is 2.82. The molecule has 0 saturated heterocycles. The zero-order valence-corrected chi connectivity index (χ0v) is 16.5. The van der Waals surface area contributed by atoms with Gasteiger partial charge in [-0.25, -0.2) is 0 Å². The second-order valence-corrected chi connectivity index (χ2v) is 7.21. The number of nitrogens with one attached hydrogen (secondary N) is 2. The van der Waals surface area contributed by atoms with Gasteiger partial charge in [-0.2, -0.15) is 0 Å². The number of carbonyl (C=O) groups is 4. The third-order valence-electron chi connectivity index (χ3n) is 3.76. The maximum absolute atomic E-state index is 12.3. The van der Waals surface area contributed by atoms with Crippen LogP contribution in [0.5, 0.6) is 0 Å². The van der Waals surface area contributed by atoms with Gasteiger partial charge in [0.25, 0.3) is 5.37 Å². The van der Waals surface area contributed by atoms with Crippen molar-refractivity contribution in [2.24, 2.45) is 5.73 Å². The van der Waals surface area contributed by atoms with Gasteiger partial charge in [0.1, 0.15) is 18.6 Å². The Kier molecular flexibility index (Phi) is 10.3. The van der Waals surface area contributed by atoms with Gasteiger partial charge in [0.05, 0.1) is 0 Å². The van der Waals surface area contributed by atoms with Gasteiger partial charge in [-0.15, -0.1) is 0 Å². The molecule has 0 radical (unpaired) electrons. The molecule has 0 bridgehead atoms. The summed E-state index contributed by atoms with van der Waals surface area (Å²) in [5, 5.41) is 32.1. The number of aliphatic carboxylic acids is 2. The number of nitrogens with two attached hydrogens (primary N) is 1. The van der Waals surface area contributed by atoms with Crippen molar-refractivity contribution in [2.45, 2.75) is 30.3 Å². The fraction of sp³-hybridized carbons (Fsp3) is 0.412. The lowest BCUT2D eigenvalue weighted by Gasteiger charge is -2.19. The van der Waals surface area contributed by atoms with Crippen molar-refractivity contribution in [3.05, 3.63) is 46.0 Å². The Morgan fingerprint density at radius 2 is 1.80 bits per heavy atom. The number of carboxylic acids is 2. The van der Waals surface area contributed by atoms with E-state index in [4.69, 9.17) is 15.9 Å². The normalized spacial score (nSPS) is 13.5. The monoisotopic (exact) mass is 442 g/mol. The fourth-order valence-corrected chi connectivity index (χ4v) is 3.31. The minimum absolute atomic E-state index is 0.181. The Morgan fingerprint density at radius 1 is 1.17 bits per heavy atom. The molecule has 12 nitrogen and oxygen atoms in total.